The Balaban J connectivity index is 1.59. The van der Waals surface area contributed by atoms with Gasteiger partial charge in [-0.25, -0.2) is 4.98 Å². The van der Waals surface area contributed by atoms with E-state index in [1.807, 2.05) is 18.2 Å². The highest BCUT2D eigenvalue weighted by molar-refractivity contribution is 5.61. The quantitative estimate of drug-likeness (QED) is 0.658. The predicted octanol–water partition coefficient (Wildman–Crippen LogP) is 4.50. The molecule has 0 spiro atoms. The van der Waals surface area contributed by atoms with Gasteiger partial charge in [-0.3, -0.25) is 0 Å². The molecule has 0 bridgehead atoms. The van der Waals surface area contributed by atoms with Crippen molar-refractivity contribution >= 4 is 17.5 Å². The number of ether oxygens (including phenoxy) is 1. The van der Waals surface area contributed by atoms with E-state index in [1.165, 1.54) is 16.7 Å². The maximum Gasteiger partial charge on any atom is 0.224 e. The SMILES string of the molecule is COc1ccc(CCNc2nccc(Nc3cc(C)ccc3C)n2)cc1. The lowest BCUT2D eigenvalue weighted by Gasteiger charge is -2.11. The highest BCUT2D eigenvalue weighted by Crippen LogP contribution is 2.21. The molecular formula is C21H24N4O. The van der Waals surface area contributed by atoms with Crippen LogP contribution in [0, 0.1) is 13.8 Å². The fourth-order valence-corrected chi connectivity index (χ4v) is 2.63. The number of anilines is 3. The predicted molar refractivity (Wildman–Crippen MR) is 106 cm³/mol. The first-order valence-electron chi connectivity index (χ1n) is 8.68. The van der Waals surface area contributed by atoms with Crippen molar-refractivity contribution in [3.63, 3.8) is 0 Å². The van der Waals surface area contributed by atoms with E-state index in [2.05, 4.69) is 64.8 Å². The van der Waals surface area contributed by atoms with Crippen molar-refractivity contribution in [1.82, 2.24) is 9.97 Å². The molecule has 2 aromatic carbocycles. The van der Waals surface area contributed by atoms with Crippen molar-refractivity contribution in [3.8, 4) is 5.75 Å². The van der Waals surface area contributed by atoms with Gasteiger partial charge in [-0.1, -0.05) is 24.3 Å². The molecule has 0 radical (unpaired) electrons. The second kappa shape index (κ2) is 8.34. The van der Waals surface area contributed by atoms with Crippen molar-refractivity contribution in [2.24, 2.45) is 0 Å². The number of hydrogen-bond donors (Lipinski definition) is 2. The summed E-state index contributed by atoms with van der Waals surface area (Å²) in [6, 6.07) is 16.3. The van der Waals surface area contributed by atoms with Gasteiger partial charge < -0.3 is 15.4 Å². The van der Waals surface area contributed by atoms with Crippen LogP contribution in [0.25, 0.3) is 0 Å². The third-order valence-corrected chi connectivity index (χ3v) is 4.17. The Labute approximate surface area is 154 Å². The minimum atomic E-state index is 0.619. The van der Waals surface area contributed by atoms with Gasteiger partial charge in [-0.2, -0.15) is 4.98 Å². The number of nitrogens with zero attached hydrogens (tertiary/aromatic N) is 2. The lowest BCUT2D eigenvalue weighted by Crippen LogP contribution is -2.08. The van der Waals surface area contributed by atoms with E-state index in [-0.39, 0.29) is 0 Å². The smallest absolute Gasteiger partial charge is 0.224 e. The van der Waals surface area contributed by atoms with Crippen LogP contribution < -0.4 is 15.4 Å². The van der Waals surface area contributed by atoms with Gasteiger partial charge in [0.25, 0.3) is 0 Å². The Kier molecular flexibility index (Phi) is 5.69. The van der Waals surface area contributed by atoms with Gasteiger partial charge in [-0.05, 0) is 61.2 Å². The molecule has 26 heavy (non-hydrogen) atoms. The number of nitrogens with one attached hydrogen (secondary N) is 2. The Morgan fingerprint density at radius 3 is 2.58 bits per heavy atom. The number of aryl methyl sites for hydroxylation is 2. The largest absolute Gasteiger partial charge is 0.497 e. The van der Waals surface area contributed by atoms with E-state index in [9.17, 15) is 0 Å². The topological polar surface area (TPSA) is 59.1 Å². The lowest BCUT2D eigenvalue weighted by molar-refractivity contribution is 0.414. The zero-order valence-electron chi connectivity index (χ0n) is 15.4. The van der Waals surface area contributed by atoms with Gasteiger partial charge in [0.15, 0.2) is 0 Å². The standard InChI is InChI=1S/C21H24N4O/c1-15-4-5-16(2)19(14-15)24-20-11-13-23-21(25-20)22-12-10-17-6-8-18(26-3)9-7-17/h4-9,11,13-14H,10,12H2,1-3H3,(H2,22,23,24,25). The number of benzene rings is 2. The summed E-state index contributed by atoms with van der Waals surface area (Å²) in [4.78, 5) is 8.84. The molecule has 0 fully saturated rings. The van der Waals surface area contributed by atoms with Crippen LogP contribution in [0.1, 0.15) is 16.7 Å². The second-order valence-electron chi connectivity index (χ2n) is 6.23. The molecule has 3 aromatic rings. The lowest BCUT2D eigenvalue weighted by atomic mass is 10.1. The third-order valence-electron chi connectivity index (χ3n) is 4.17. The molecule has 0 aliphatic heterocycles. The Bertz CT molecular complexity index is 862. The van der Waals surface area contributed by atoms with Crippen LogP contribution in [-0.4, -0.2) is 23.6 Å². The summed E-state index contributed by atoms with van der Waals surface area (Å²) in [5.41, 5.74) is 4.70. The number of aromatic nitrogens is 2. The van der Waals surface area contributed by atoms with Crippen LogP contribution in [0.2, 0.25) is 0 Å². The number of rotatable bonds is 7. The van der Waals surface area contributed by atoms with E-state index >= 15 is 0 Å². The van der Waals surface area contributed by atoms with Crippen molar-refractivity contribution in [2.45, 2.75) is 20.3 Å². The van der Waals surface area contributed by atoms with E-state index in [0.717, 1.165) is 30.2 Å². The summed E-state index contributed by atoms with van der Waals surface area (Å²) in [5, 5.41) is 6.65. The monoisotopic (exact) mass is 348 g/mol. The third kappa shape index (κ3) is 4.72. The van der Waals surface area contributed by atoms with Crippen LogP contribution in [-0.2, 0) is 6.42 Å². The first kappa shape index (κ1) is 17.7. The molecule has 1 aromatic heterocycles. The molecule has 5 heteroatoms. The fourth-order valence-electron chi connectivity index (χ4n) is 2.63. The number of methoxy groups -OCH3 is 1. The molecule has 0 unspecified atom stereocenters. The molecule has 0 aliphatic rings. The first-order chi connectivity index (χ1) is 12.6. The molecule has 0 atom stereocenters. The minimum absolute atomic E-state index is 0.619. The van der Waals surface area contributed by atoms with Gasteiger partial charge in [0.2, 0.25) is 5.95 Å². The van der Waals surface area contributed by atoms with E-state index < -0.39 is 0 Å². The van der Waals surface area contributed by atoms with Gasteiger partial charge in [0.1, 0.15) is 11.6 Å². The van der Waals surface area contributed by atoms with Crippen molar-refractivity contribution in [2.75, 3.05) is 24.3 Å². The summed E-state index contributed by atoms with van der Waals surface area (Å²) in [6.45, 7) is 4.92. The minimum Gasteiger partial charge on any atom is -0.497 e. The summed E-state index contributed by atoms with van der Waals surface area (Å²) in [5.74, 6) is 2.27. The average Bonchev–Trinajstić information content (AvgIpc) is 2.66. The second-order valence-corrected chi connectivity index (χ2v) is 6.23. The van der Waals surface area contributed by atoms with Crippen LogP contribution >= 0.6 is 0 Å². The normalized spacial score (nSPS) is 10.4. The summed E-state index contributed by atoms with van der Waals surface area (Å²) in [6.07, 6.45) is 2.65. The van der Waals surface area contributed by atoms with Gasteiger partial charge in [0, 0.05) is 18.4 Å². The molecule has 1 heterocycles. The molecular weight excluding hydrogens is 324 g/mol. The van der Waals surface area contributed by atoms with Crippen molar-refractivity contribution < 1.29 is 4.74 Å². The van der Waals surface area contributed by atoms with Gasteiger partial charge in [-0.15, -0.1) is 0 Å². The molecule has 0 saturated carbocycles. The molecule has 0 saturated heterocycles. The van der Waals surface area contributed by atoms with Gasteiger partial charge in [0.05, 0.1) is 7.11 Å². The highest BCUT2D eigenvalue weighted by Gasteiger charge is 2.03. The maximum atomic E-state index is 5.18. The Morgan fingerprint density at radius 1 is 1.00 bits per heavy atom. The maximum absolute atomic E-state index is 5.18. The van der Waals surface area contributed by atoms with Crippen molar-refractivity contribution in [3.05, 3.63) is 71.4 Å². The van der Waals surface area contributed by atoms with Crippen LogP contribution in [0.4, 0.5) is 17.5 Å². The summed E-state index contributed by atoms with van der Waals surface area (Å²) in [7, 11) is 1.67. The van der Waals surface area contributed by atoms with Crippen molar-refractivity contribution in [1.29, 1.82) is 0 Å². The van der Waals surface area contributed by atoms with Crippen LogP contribution in [0.15, 0.2) is 54.7 Å². The first-order valence-corrected chi connectivity index (χ1v) is 8.68. The highest BCUT2D eigenvalue weighted by atomic mass is 16.5. The Hall–Kier alpha value is -3.08. The zero-order chi connectivity index (χ0) is 18.4. The Morgan fingerprint density at radius 2 is 1.81 bits per heavy atom. The number of hydrogen-bond acceptors (Lipinski definition) is 5. The summed E-state index contributed by atoms with van der Waals surface area (Å²) < 4.78 is 5.18. The zero-order valence-corrected chi connectivity index (χ0v) is 15.4. The van der Waals surface area contributed by atoms with E-state index in [4.69, 9.17) is 4.74 Å². The molecule has 2 N–H and O–H groups in total. The van der Waals surface area contributed by atoms with E-state index in [1.54, 1.807) is 13.3 Å². The summed E-state index contributed by atoms with van der Waals surface area (Å²) >= 11 is 0. The molecule has 0 amide bonds. The molecule has 134 valence electrons. The fraction of sp³-hybridized carbons (Fsp3) is 0.238. The molecule has 5 nitrogen and oxygen atoms in total. The molecule has 3 rings (SSSR count). The average molecular weight is 348 g/mol. The molecule has 0 aliphatic carbocycles. The van der Waals surface area contributed by atoms with E-state index in [0.29, 0.717) is 5.95 Å². The van der Waals surface area contributed by atoms with Gasteiger partial charge >= 0.3 is 0 Å². The van der Waals surface area contributed by atoms with Crippen LogP contribution in [0.5, 0.6) is 5.75 Å². The van der Waals surface area contributed by atoms with Crippen LogP contribution in [0.3, 0.4) is 0 Å².